The first-order valence-electron chi connectivity index (χ1n) is 14.1. The van der Waals surface area contributed by atoms with E-state index in [1.165, 1.54) is 0 Å². The third kappa shape index (κ3) is 6.56. The third-order valence-electron chi connectivity index (χ3n) is 6.68. The van der Waals surface area contributed by atoms with Crippen molar-refractivity contribution in [3.63, 3.8) is 0 Å². The van der Waals surface area contributed by atoms with Crippen molar-refractivity contribution in [2.24, 2.45) is 0 Å². The molecule has 4 amide bonds. The zero-order chi connectivity index (χ0) is 31.7. The van der Waals surface area contributed by atoms with Gasteiger partial charge in [-0.2, -0.15) is 5.01 Å². The zero-order valence-electron chi connectivity index (χ0n) is 26.0. The molecular weight excluding hydrogens is 546 g/mol. The molecule has 1 atom stereocenters. The number of benzene rings is 3. The summed E-state index contributed by atoms with van der Waals surface area (Å²) >= 11 is 0. The maximum atomic E-state index is 15.1. The third-order valence-corrected chi connectivity index (χ3v) is 6.68. The van der Waals surface area contributed by atoms with Crippen molar-refractivity contribution in [3.8, 4) is 0 Å². The molecule has 4 rings (SSSR count). The maximum absolute atomic E-state index is 15.1. The summed E-state index contributed by atoms with van der Waals surface area (Å²) in [6, 6.07) is 21.2. The smallest absolute Gasteiger partial charge is 0.431 e. The number of nitrogens with zero attached hydrogens (tertiary/aromatic N) is 2. The van der Waals surface area contributed by atoms with Gasteiger partial charge in [0, 0.05) is 11.1 Å². The second-order valence-electron chi connectivity index (χ2n) is 12.7. The van der Waals surface area contributed by atoms with Gasteiger partial charge in [0.2, 0.25) is 0 Å². The Morgan fingerprint density at radius 1 is 0.814 bits per heavy atom. The minimum atomic E-state index is -2.05. The maximum Gasteiger partial charge on any atom is 0.431 e. The lowest BCUT2D eigenvalue weighted by molar-refractivity contribution is -0.143. The van der Waals surface area contributed by atoms with Gasteiger partial charge < -0.3 is 9.47 Å². The first kappa shape index (κ1) is 31.3. The van der Waals surface area contributed by atoms with E-state index in [0.717, 1.165) is 21.0 Å². The second kappa shape index (κ2) is 11.6. The number of hydrogen-bond acceptors (Lipinski definition) is 6. The summed E-state index contributed by atoms with van der Waals surface area (Å²) in [5.74, 6) is -1.25. The zero-order valence-corrected chi connectivity index (χ0v) is 26.0. The number of imide groups is 1. The molecule has 0 aromatic heterocycles. The first-order valence-corrected chi connectivity index (χ1v) is 14.1. The highest BCUT2D eigenvalue weighted by atomic mass is 16.6. The van der Waals surface area contributed by atoms with Crippen LogP contribution in [-0.2, 0) is 26.4 Å². The summed E-state index contributed by atoms with van der Waals surface area (Å²) in [7, 11) is 0. The normalized spacial score (nSPS) is 16.8. The van der Waals surface area contributed by atoms with E-state index < -0.39 is 40.7 Å². The van der Waals surface area contributed by atoms with E-state index in [2.05, 4.69) is 5.43 Å². The van der Waals surface area contributed by atoms with Crippen LogP contribution in [0.1, 0.15) is 79.7 Å². The number of rotatable bonds is 4. The van der Waals surface area contributed by atoms with Crippen LogP contribution in [0.3, 0.4) is 0 Å². The molecular formula is C34H39N3O6. The summed E-state index contributed by atoms with van der Waals surface area (Å²) in [4.78, 5) is 57.7. The standard InChI is InChI=1S/C34H39N3O6/c1-22-18-23(2)20-25(19-22)34(37(31(41)43-33(6,7)8)35-30(40)42-32(3,4)5)27-17-13-12-16-26(27)28(38)36(29(34)39)21-24-14-10-9-11-15-24/h9-20H,21H2,1-8H3,(H,35,40)/t34-/m0/s1. The highest BCUT2D eigenvalue weighted by molar-refractivity contribution is 6.15. The lowest BCUT2D eigenvalue weighted by Gasteiger charge is -2.47. The predicted octanol–water partition coefficient (Wildman–Crippen LogP) is 6.41. The van der Waals surface area contributed by atoms with Crippen LogP contribution in [0, 0.1) is 13.8 Å². The van der Waals surface area contributed by atoms with Crippen molar-refractivity contribution in [2.75, 3.05) is 0 Å². The van der Waals surface area contributed by atoms with Crippen LogP contribution >= 0.6 is 0 Å². The summed E-state index contributed by atoms with van der Waals surface area (Å²) in [6.07, 6.45) is -1.98. The van der Waals surface area contributed by atoms with Crippen LogP contribution in [-0.4, -0.2) is 45.1 Å². The fourth-order valence-corrected chi connectivity index (χ4v) is 5.22. The first-order chi connectivity index (χ1) is 20.0. The van der Waals surface area contributed by atoms with E-state index in [1.807, 2.05) is 50.2 Å². The van der Waals surface area contributed by atoms with Gasteiger partial charge in [-0.1, -0.05) is 77.9 Å². The molecule has 0 saturated heterocycles. The van der Waals surface area contributed by atoms with E-state index in [9.17, 15) is 14.4 Å². The van der Waals surface area contributed by atoms with Crippen LogP contribution < -0.4 is 5.43 Å². The molecule has 0 aliphatic carbocycles. The molecule has 0 spiro atoms. The van der Waals surface area contributed by atoms with E-state index in [1.54, 1.807) is 77.9 Å². The average Bonchev–Trinajstić information content (AvgIpc) is 2.89. The fourth-order valence-electron chi connectivity index (χ4n) is 5.22. The van der Waals surface area contributed by atoms with Crippen LogP contribution in [0.15, 0.2) is 72.8 Å². The topological polar surface area (TPSA) is 105 Å². The van der Waals surface area contributed by atoms with E-state index in [-0.39, 0.29) is 17.7 Å². The Morgan fingerprint density at radius 2 is 1.37 bits per heavy atom. The molecule has 3 aromatic rings. The Hall–Kier alpha value is -4.66. The molecule has 9 heteroatoms. The SMILES string of the molecule is Cc1cc(C)cc([C@@]2(N(NC(=O)OC(C)(C)C)C(=O)OC(C)(C)C)C(=O)N(Cc3ccccc3)C(=O)c3ccccc32)c1. The number of hydrazine groups is 1. The molecule has 9 nitrogen and oxygen atoms in total. The molecule has 0 unspecified atom stereocenters. The van der Waals surface area contributed by atoms with E-state index in [4.69, 9.17) is 9.47 Å². The molecule has 1 N–H and O–H groups in total. The molecule has 0 saturated carbocycles. The second-order valence-corrected chi connectivity index (χ2v) is 12.7. The lowest BCUT2D eigenvalue weighted by atomic mass is 9.75. The van der Waals surface area contributed by atoms with Crippen molar-refractivity contribution in [1.82, 2.24) is 15.3 Å². The van der Waals surface area contributed by atoms with Gasteiger partial charge in [0.25, 0.3) is 11.8 Å². The predicted molar refractivity (Wildman–Crippen MR) is 162 cm³/mol. The number of carbonyl (C=O) groups excluding carboxylic acids is 4. The summed E-state index contributed by atoms with van der Waals surface area (Å²) < 4.78 is 11.3. The van der Waals surface area contributed by atoms with Crippen molar-refractivity contribution in [3.05, 3.63) is 106 Å². The van der Waals surface area contributed by atoms with Gasteiger partial charge in [0.1, 0.15) is 11.2 Å². The average molecular weight is 586 g/mol. The van der Waals surface area contributed by atoms with Gasteiger partial charge in [0.15, 0.2) is 5.54 Å². The van der Waals surface area contributed by atoms with Crippen molar-refractivity contribution >= 4 is 24.0 Å². The molecule has 0 fully saturated rings. The molecule has 1 aliphatic heterocycles. The number of nitrogens with one attached hydrogen (secondary N) is 1. The highest BCUT2D eigenvalue weighted by Crippen LogP contribution is 2.44. The highest BCUT2D eigenvalue weighted by Gasteiger charge is 2.59. The molecule has 43 heavy (non-hydrogen) atoms. The van der Waals surface area contributed by atoms with Gasteiger partial charge >= 0.3 is 12.2 Å². The number of fused-ring (bicyclic) bond motifs is 1. The van der Waals surface area contributed by atoms with Crippen molar-refractivity contribution in [1.29, 1.82) is 0 Å². The largest absolute Gasteiger partial charge is 0.443 e. The van der Waals surface area contributed by atoms with Crippen molar-refractivity contribution < 1.29 is 28.7 Å². The van der Waals surface area contributed by atoms with E-state index >= 15 is 4.79 Å². The summed E-state index contributed by atoms with van der Waals surface area (Å²) in [5, 5.41) is 0.881. The lowest BCUT2D eigenvalue weighted by Crippen LogP contribution is -2.68. The molecule has 3 aromatic carbocycles. The number of amides is 4. The van der Waals surface area contributed by atoms with Gasteiger partial charge in [-0.15, -0.1) is 0 Å². The van der Waals surface area contributed by atoms with E-state index in [0.29, 0.717) is 11.1 Å². The van der Waals surface area contributed by atoms with Crippen LogP contribution in [0.5, 0.6) is 0 Å². The van der Waals surface area contributed by atoms with Gasteiger partial charge in [-0.25, -0.2) is 15.0 Å². The number of aryl methyl sites for hydroxylation is 2. The molecule has 226 valence electrons. The number of ether oxygens (including phenoxy) is 2. The van der Waals surface area contributed by atoms with Gasteiger partial charge in [0.05, 0.1) is 6.54 Å². The molecule has 0 radical (unpaired) electrons. The quantitative estimate of drug-likeness (QED) is 0.280. The minimum Gasteiger partial charge on any atom is -0.443 e. The van der Waals surface area contributed by atoms with Crippen molar-refractivity contribution in [2.45, 2.75) is 78.7 Å². The van der Waals surface area contributed by atoms with Gasteiger partial charge in [-0.05, 0) is 72.6 Å². The van der Waals surface area contributed by atoms with Crippen LogP contribution in [0.4, 0.5) is 9.59 Å². The fraction of sp³-hybridized carbons (Fsp3) is 0.353. The summed E-state index contributed by atoms with van der Waals surface area (Å²) in [5.41, 5.74) is 1.73. The Morgan fingerprint density at radius 3 is 1.95 bits per heavy atom. The minimum absolute atomic E-state index is 0.0615. The molecule has 1 aliphatic rings. The Bertz CT molecular complexity index is 1530. The number of hydrogen-bond donors (Lipinski definition) is 1. The monoisotopic (exact) mass is 585 g/mol. The molecule has 0 bridgehead atoms. The van der Waals surface area contributed by atoms with Crippen LogP contribution in [0.2, 0.25) is 0 Å². The summed E-state index contributed by atoms with van der Waals surface area (Å²) in [6.45, 7) is 13.8. The molecule has 1 heterocycles. The Labute approximate surface area is 252 Å². The Balaban J connectivity index is 2.08. The number of carbonyl (C=O) groups is 4. The van der Waals surface area contributed by atoms with Gasteiger partial charge in [-0.3, -0.25) is 14.5 Å². The Kier molecular flexibility index (Phi) is 8.40. The van der Waals surface area contributed by atoms with Crippen LogP contribution in [0.25, 0.3) is 0 Å².